The average Bonchev–Trinajstić information content (AvgIpc) is 2.86. The van der Waals surface area contributed by atoms with E-state index in [2.05, 4.69) is 15.3 Å². The number of carbonyl (C=O) groups excluding carboxylic acids is 1. The summed E-state index contributed by atoms with van der Waals surface area (Å²) in [6, 6.07) is 12.8. The number of benzene rings is 2. The van der Waals surface area contributed by atoms with E-state index in [1.54, 1.807) is 25.1 Å². The van der Waals surface area contributed by atoms with Crippen molar-refractivity contribution in [2.45, 2.75) is 42.5 Å². The van der Waals surface area contributed by atoms with Gasteiger partial charge in [-0.25, -0.2) is 26.8 Å². The fraction of sp³-hybridized carbons (Fsp3) is 0.320. The molecule has 1 aliphatic rings. The molecule has 3 aromatic rings. The van der Waals surface area contributed by atoms with E-state index in [1.807, 2.05) is 13.0 Å². The highest BCUT2D eigenvalue weighted by Gasteiger charge is 2.29. The van der Waals surface area contributed by atoms with Gasteiger partial charge >= 0.3 is 0 Å². The largest absolute Gasteiger partial charge is 0.321 e. The molecule has 37 heavy (non-hydrogen) atoms. The predicted molar refractivity (Wildman–Crippen MR) is 141 cm³/mol. The number of anilines is 1. The minimum atomic E-state index is -3.95. The Labute approximate surface area is 221 Å². The summed E-state index contributed by atoms with van der Waals surface area (Å²) in [5, 5.41) is 1.95. The van der Waals surface area contributed by atoms with Crippen LogP contribution < -0.4 is 5.32 Å². The maximum absolute atomic E-state index is 13.0. The van der Waals surface area contributed by atoms with E-state index in [-0.39, 0.29) is 21.4 Å². The fourth-order valence-corrected chi connectivity index (χ4v) is 7.20. The number of sulfone groups is 1. The second-order valence-corrected chi connectivity index (χ2v) is 13.4. The van der Waals surface area contributed by atoms with Crippen LogP contribution in [0.15, 0.2) is 64.8 Å². The number of carbonyl (C=O) groups is 1. The summed E-state index contributed by atoms with van der Waals surface area (Å²) < 4.78 is 53.2. The number of aromatic nitrogens is 2. The van der Waals surface area contributed by atoms with E-state index >= 15 is 0 Å². The van der Waals surface area contributed by atoms with Gasteiger partial charge in [-0.05, 0) is 61.1 Å². The highest BCUT2D eigenvalue weighted by atomic mass is 35.5. The summed E-state index contributed by atoms with van der Waals surface area (Å²) >= 11 is 6.11. The molecule has 1 saturated heterocycles. The number of piperidine rings is 1. The summed E-state index contributed by atoms with van der Waals surface area (Å²) in [7, 11) is -7.59. The molecule has 1 atom stereocenters. The fourth-order valence-electron chi connectivity index (χ4n) is 4.12. The smallest absolute Gasteiger partial charge is 0.275 e. The molecule has 0 radical (unpaired) electrons. The van der Waals surface area contributed by atoms with Gasteiger partial charge < -0.3 is 5.32 Å². The topological polar surface area (TPSA) is 126 Å². The third-order valence-electron chi connectivity index (χ3n) is 6.19. The Bertz CT molecular complexity index is 1530. The van der Waals surface area contributed by atoms with Crippen molar-refractivity contribution in [3.8, 4) is 0 Å². The van der Waals surface area contributed by atoms with Crippen molar-refractivity contribution in [1.82, 2.24) is 14.3 Å². The van der Waals surface area contributed by atoms with Crippen molar-refractivity contribution in [3.05, 3.63) is 76.6 Å². The number of hydrogen-bond acceptors (Lipinski definition) is 7. The molecule has 1 amide bonds. The van der Waals surface area contributed by atoms with E-state index in [0.717, 1.165) is 24.6 Å². The average molecular weight is 563 g/mol. The van der Waals surface area contributed by atoms with Crippen LogP contribution in [0.2, 0.25) is 5.02 Å². The summed E-state index contributed by atoms with van der Waals surface area (Å²) in [4.78, 5) is 20.8. The highest BCUT2D eigenvalue weighted by Crippen LogP contribution is 2.25. The Morgan fingerprint density at radius 1 is 1.11 bits per heavy atom. The number of nitrogens with one attached hydrogen (secondary N) is 1. The zero-order valence-electron chi connectivity index (χ0n) is 20.4. The molecule has 1 aliphatic heterocycles. The number of nitrogens with zero attached hydrogens (tertiary/aromatic N) is 3. The number of sulfonamides is 1. The molecule has 1 aromatic heterocycles. The van der Waals surface area contributed by atoms with Crippen molar-refractivity contribution >= 4 is 43.1 Å². The number of aryl methyl sites for hydroxylation is 1. The number of hydrogen-bond donors (Lipinski definition) is 1. The van der Waals surface area contributed by atoms with E-state index in [9.17, 15) is 21.6 Å². The normalized spacial score (nSPS) is 16.9. The molecular formula is C25H27ClN4O5S2. The van der Waals surface area contributed by atoms with Gasteiger partial charge in [-0.2, -0.15) is 4.31 Å². The molecule has 2 aromatic carbocycles. The molecular weight excluding hydrogens is 536 g/mol. The van der Waals surface area contributed by atoms with E-state index in [4.69, 9.17) is 11.6 Å². The van der Waals surface area contributed by atoms with Crippen LogP contribution in [-0.2, 0) is 25.6 Å². The van der Waals surface area contributed by atoms with Gasteiger partial charge in [0.1, 0.15) is 0 Å². The first-order valence-electron chi connectivity index (χ1n) is 11.7. The molecule has 0 saturated carbocycles. The van der Waals surface area contributed by atoms with Crippen LogP contribution in [-0.4, -0.2) is 50.1 Å². The predicted octanol–water partition coefficient (Wildman–Crippen LogP) is 4.09. The molecule has 9 nitrogen and oxygen atoms in total. The van der Waals surface area contributed by atoms with E-state index in [0.29, 0.717) is 30.3 Å². The monoisotopic (exact) mass is 562 g/mol. The summed E-state index contributed by atoms with van der Waals surface area (Å²) in [6.45, 7) is 4.78. The number of halogens is 1. The molecule has 12 heteroatoms. The first-order valence-corrected chi connectivity index (χ1v) is 15.2. The molecule has 196 valence electrons. The molecule has 0 bridgehead atoms. The van der Waals surface area contributed by atoms with Gasteiger partial charge in [0, 0.05) is 18.8 Å². The minimum absolute atomic E-state index is 0.120. The van der Waals surface area contributed by atoms with Gasteiger partial charge in [0.25, 0.3) is 5.91 Å². The van der Waals surface area contributed by atoms with Crippen molar-refractivity contribution in [2.75, 3.05) is 18.4 Å². The lowest BCUT2D eigenvalue weighted by Crippen LogP contribution is -2.39. The first-order chi connectivity index (χ1) is 17.5. The number of rotatable bonds is 7. The molecule has 1 N–H and O–H groups in total. The lowest BCUT2D eigenvalue weighted by molar-refractivity contribution is 0.102. The van der Waals surface area contributed by atoms with Gasteiger partial charge in [-0.1, -0.05) is 42.8 Å². The molecule has 0 aliphatic carbocycles. The van der Waals surface area contributed by atoms with Crippen LogP contribution >= 0.6 is 11.6 Å². The van der Waals surface area contributed by atoms with Crippen LogP contribution in [0.4, 0.5) is 5.69 Å². The van der Waals surface area contributed by atoms with Gasteiger partial charge in [0.2, 0.25) is 25.0 Å². The highest BCUT2D eigenvalue weighted by molar-refractivity contribution is 7.90. The number of amides is 1. The Kier molecular flexibility index (Phi) is 7.98. The lowest BCUT2D eigenvalue weighted by Gasteiger charge is -2.30. The molecule has 0 spiro atoms. The van der Waals surface area contributed by atoms with Crippen LogP contribution in [0.5, 0.6) is 0 Å². The minimum Gasteiger partial charge on any atom is -0.321 e. The third-order valence-corrected chi connectivity index (χ3v) is 9.79. The Balaban J connectivity index is 1.51. The van der Waals surface area contributed by atoms with Gasteiger partial charge in [-0.3, -0.25) is 4.79 Å². The second-order valence-electron chi connectivity index (χ2n) is 9.12. The summed E-state index contributed by atoms with van der Waals surface area (Å²) in [5.74, 6) is -0.779. The van der Waals surface area contributed by atoms with E-state index < -0.39 is 30.9 Å². The maximum Gasteiger partial charge on any atom is 0.275 e. The van der Waals surface area contributed by atoms with Crippen LogP contribution in [0, 0.1) is 12.8 Å². The lowest BCUT2D eigenvalue weighted by atomic mass is 10.0. The Hall–Kier alpha value is -2.86. The first kappa shape index (κ1) is 27.2. The summed E-state index contributed by atoms with van der Waals surface area (Å²) in [6.07, 6.45) is 2.89. The van der Waals surface area contributed by atoms with Gasteiger partial charge in [0.05, 0.1) is 21.9 Å². The quantitative estimate of drug-likeness (QED) is 0.430. The van der Waals surface area contributed by atoms with Crippen LogP contribution in [0.1, 0.15) is 41.4 Å². The van der Waals surface area contributed by atoms with Gasteiger partial charge in [-0.15, -0.1) is 0 Å². The Morgan fingerprint density at radius 2 is 1.81 bits per heavy atom. The molecule has 1 unspecified atom stereocenters. The molecule has 2 heterocycles. The Morgan fingerprint density at radius 3 is 2.49 bits per heavy atom. The van der Waals surface area contributed by atoms with Crippen molar-refractivity contribution in [3.63, 3.8) is 0 Å². The van der Waals surface area contributed by atoms with Gasteiger partial charge in [0.15, 0.2) is 5.69 Å². The summed E-state index contributed by atoms with van der Waals surface area (Å²) in [5.41, 5.74) is 1.40. The molecule has 4 rings (SSSR count). The zero-order chi connectivity index (χ0) is 26.8. The van der Waals surface area contributed by atoms with Crippen LogP contribution in [0.3, 0.4) is 0 Å². The van der Waals surface area contributed by atoms with Crippen molar-refractivity contribution in [1.29, 1.82) is 0 Å². The molecule has 1 fully saturated rings. The SMILES string of the molecule is Cc1ccccc1CS(=O)(=O)c1ncc(Cl)c(C(=O)Nc2ccc(S(=O)(=O)N3CCCC(C)C3)cc2)n1. The van der Waals surface area contributed by atoms with Crippen LogP contribution in [0.25, 0.3) is 0 Å². The third kappa shape index (κ3) is 6.18. The maximum atomic E-state index is 13.0. The van der Waals surface area contributed by atoms with Crippen molar-refractivity contribution < 1.29 is 21.6 Å². The van der Waals surface area contributed by atoms with E-state index in [1.165, 1.54) is 28.6 Å². The zero-order valence-corrected chi connectivity index (χ0v) is 22.8. The van der Waals surface area contributed by atoms with Crippen molar-refractivity contribution in [2.24, 2.45) is 5.92 Å². The second kappa shape index (κ2) is 10.9. The standard InChI is InChI=1S/C25H27ClN4O5S2/c1-17-6-5-13-30(15-17)37(34,35)21-11-9-20(10-12-21)28-24(31)23-22(26)14-27-25(29-23)36(32,33)16-19-8-4-3-7-18(19)2/h3-4,7-12,14,17H,5-6,13,15-16H2,1-2H3,(H,28,31).